The van der Waals surface area contributed by atoms with E-state index in [9.17, 15) is 4.79 Å². The quantitative estimate of drug-likeness (QED) is 0.481. The third-order valence-electron chi connectivity index (χ3n) is 8.26. The summed E-state index contributed by atoms with van der Waals surface area (Å²) in [5.74, 6) is 2.91. The Morgan fingerprint density at radius 3 is 2.76 bits per heavy atom. The summed E-state index contributed by atoms with van der Waals surface area (Å²) in [4.78, 5) is 11.5. The lowest BCUT2D eigenvalue weighted by Gasteiger charge is -2.57. The Kier molecular flexibility index (Phi) is 3.14. The van der Waals surface area contributed by atoms with Gasteiger partial charge < -0.3 is 4.79 Å². The first kappa shape index (κ1) is 14.0. The number of allylic oxidation sites excluding steroid dienone is 2. The number of carbonyl (C=O) groups excluding carboxylic acids is 1. The van der Waals surface area contributed by atoms with Crippen LogP contribution in [-0.2, 0) is 4.79 Å². The molecule has 0 spiro atoms. The van der Waals surface area contributed by atoms with Gasteiger partial charge in [0.05, 0.1) is 0 Å². The Morgan fingerprint density at radius 2 is 1.95 bits per heavy atom. The molecule has 0 heterocycles. The van der Waals surface area contributed by atoms with Crippen LogP contribution in [-0.4, -0.2) is 6.29 Å². The van der Waals surface area contributed by atoms with Crippen LogP contribution in [0.4, 0.5) is 0 Å². The minimum atomic E-state index is 0.319. The van der Waals surface area contributed by atoms with Gasteiger partial charge in [-0.1, -0.05) is 31.9 Å². The van der Waals surface area contributed by atoms with Crippen molar-refractivity contribution >= 4 is 6.29 Å². The third kappa shape index (κ3) is 1.79. The topological polar surface area (TPSA) is 17.1 Å². The van der Waals surface area contributed by atoms with E-state index in [1.54, 1.807) is 5.57 Å². The maximum absolute atomic E-state index is 11.5. The van der Waals surface area contributed by atoms with Crippen LogP contribution < -0.4 is 0 Å². The SMILES string of the molecule is C[C@]12CC[C@H]3[C@@H](CC=C4CCCC[C@@]43C)[C@@H]1CC[C@@H]2C=O. The number of hydrogen-bond donors (Lipinski definition) is 0. The molecule has 6 atom stereocenters. The summed E-state index contributed by atoms with van der Waals surface area (Å²) in [6.45, 7) is 5.01. The first-order valence-corrected chi connectivity index (χ1v) is 9.24. The summed E-state index contributed by atoms with van der Waals surface area (Å²) in [6.07, 6.45) is 16.0. The van der Waals surface area contributed by atoms with E-state index >= 15 is 0 Å². The zero-order valence-corrected chi connectivity index (χ0v) is 13.7. The first-order valence-electron chi connectivity index (χ1n) is 9.24. The van der Waals surface area contributed by atoms with Crippen molar-refractivity contribution in [2.24, 2.45) is 34.5 Å². The summed E-state index contributed by atoms with van der Waals surface area (Å²) >= 11 is 0. The van der Waals surface area contributed by atoms with Crippen LogP contribution in [0.3, 0.4) is 0 Å². The summed E-state index contributed by atoms with van der Waals surface area (Å²) in [7, 11) is 0. The average molecular weight is 286 g/mol. The number of aldehydes is 1. The lowest BCUT2D eigenvalue weighted by molar-refractivity contribution is -0.117. The molecule has 0 amide bonds. The second-order valence-corrected chi connectivity index (χ2v) is 8.83. The van der Waals surface area contributed by atoms with Gasteiger partial charge in [-0.2, -0.15) is 0 Å². The molecular formula is C20H30O. The maximum atomic E-state index is 11.5. The van der Waals surface area contributed by atoms with E-state index in [2.05, 4.69) is 19.9 Å². The predicted octanol–water partition coefficient (Wildman–Crippen LogP) is 5.15. The Balaban J connectivity index is 1.69. The Bertz CT molecular complexity index is 478. The molecule has 0 aliphatic heterocycles. The molecule has 21 heavy (non-hydrogen) atoms. The Hall–Kier alpha value is -0.590. The predicted molar refractivity (Wildman–Crippen MR) is 85.9 cm³/mol. The summed E-state index contributed by atoms with van der Waals surface area (Å²) in [5, 5.41) is 0. The van der Waals surface area contributed by atoms with Crippen LogP contribution in [0.1, 0.15) is 71.6 Å². The van der Waals surface area contributed by atoms with Crippen LogP contribution >= 0.6 is 0 Å². The standard InChI is InChI=1S/C20H30O/c1-19-11-4-3-5-14(19)6-8-16-17-9-7-15(13-21)20(17,2)12-10-18(16)19/h6,13,15-18H,3-5,7-12H2,1-2H3/t15-,16+,17+,18+,19+,20-/m1/s1. The van der Waals surface area contributed by atoms with Crippen molar-refractivity contribution in [3.63, 3.8) is 0 Å². The van der Waals surface area contributed by atoms with Gasteiger partial charge >= 0.3 is 0 Å². The molecule has 0 N–H and O–H groups in total. The number of hydrogen-bond acceptors (Lipinski definition) is 1. The second-order valence-electron chi connectivity index (χ2n) is 8.83. The van der Waals surface area contributed by atoms with Gasteiger partial charge in [0.25, 0.3) is 0 Å². The van der Waals surface area contributed by atoms with E-state index < -0.39 is 0 Å². The molecule has 4 aliphatic rings. The molecular weight excluding hydrogens is 256 g/mol. The highest BCUT2D eigenvalue weighted by Crippen LogP contribution is 2.65. The average Bonchev–Trinajstić information content (AvgIpc) is 2.83. The fourth-order valence-electron chi connectivity index (χ4n) is 6.96. The fraction of sp³-hybridized carbons (Fsp3) is 0.850. The lowest BCUT2D eigenvalue weighted by atomic mass is 9.47. The first-order chi connectivity index (χ1) is 10.1. The molecule has 0 aromatic heterocycles. The third-order valence-corrected chi connectivity index (χ3v) is 8.26. The van der Waals surface area contributed by atoms with Crippen molar-refractivity contribution in [2.45, 2.75) is 71.6 Å². The van der Waals surface area contributed by atoms with Gasteiger partial charge in [0.2, 0.25) is 0 Å². The van der Waals surface area contributed by atoms with Crippen molar-refractivity contribution in [1.29, 1.82) is 0 Å². The monoisotopic (exact) mass is 286 g/mol. The highest BCUT2D eigenvalue weighted by atomic mass is 16.1. The van der Waals surface area contributed by atoms with Crippen LogP contribution in [0, 0.1) is 34.5 Å². The van der Waals surface area contributed by atoms with Crippen LogP contribution in [0.25, 0.3) is 0 Å². The van der Waals surface area contributed by atoms with Gasteiger partial charge in [-0.15, -0.1) is 0 Å². The number of fused-ring (bicyclic) bond motifs is 5. The zero-order valence-electron chi connectivity index (χ0n) is 13.7. The summed E-state index contributed by atoms with van der Waals surface area (Å²) in [5.41, 5.74) is 2.62. The van der Waals surface area contributed by atoms with Gasteiger partial charge in [0.15, 0.2) is 0 Å². The highest BCUT2D eigenvalue weighted by Gasteiger charge is 2.58. The van der Waals surface area contributed by atoms with E-state index in [0.717, 1.165) is 24.2 Å². The molecule has 3 saturated carbocycles. The minimum absolute atomic E-state index is 0.319. The van der Waals surface area contributed by atoms with E-state index in [1.807, 2.05) is 0 Å². The molecule has 116 valence electrons. The van der Waals surface area contributed by atoms with E-state index in [0.29, 0.717) is 16.7 Å². The fourth-order valence-corrected chi connectivity index (χ4v) is 6.96. The summed E-state index contributed by atoms with van der Waals surface area (Å²) in [6, 6.07) is 0. The molecule has 0 aromatic rings. The van der Waals surface area contributed by atoms with Gasteiger partial charge in [-0.25, -0.2) is 0 Å². The van der Waals surface area contributed by atoms with Crippen molar-refractivity contribution in [2.75, 3.05) is 0 Å². The molecule has 0 saturated heterocycles. The van der Waals surface area contributed by atoms with Crippen molar-refractivity contribution in [3.05, 3.63) is 11.6 Å². The molecule has 0 radical (unpaired) electrons. The Morgan fingerprint density at radius 1 is 1.10 bits per heavy atom. The molecule has 4 rings (SSSR count). The molecule has 1 heteroatoms. The van der Waals surface area contributed by atoms with Gasteiger partial charge in [0, 0.05) is 5.92 Å². The lowest BCUT2D eigenvalue weighted by Crippen LogP contribution is -2.49. The zero-order chi connectivity index (χ0) is 14.7. The minimum Gasteiger partial charge on any atom is -0.303 e. The van der Waals surface area contributed by atoms with E-state index in [1.165, 1.54) is 57.7 Å². The van der Waals surface area contributed by atoms with Crippen LogP contribution in [0.2, 0.25) is 0 Å². The largest absolute Gasteiger partial charge is 0.303 e. The number of carbonyl (C=O) groups is 1. The van der Waals surface area contributed by atoms with Crippen LogP contribution in [0.15, 0.2) is 11.6 Å². The molecule has 0 bridgehead atoms. The normalized spacial score (nSPS) is 52.4. The van der Waals surface area contributed by atoms with Gasteiger partial charge in [-0.3, -0.25) is 0 Å². The number of rotatable bonds is 1. The van der Waals surface area contributed by atoms with Crippen molar-refractivity contribution < 1.29 is 4.79 Å². The van der Waals surface area contributed by atoms with Gasteiger partial charge in [-0.05, 0) is 80.0 Å². The van der Waals surface area contributed by atoms with Crippen molar-refractivity contribution in [1.82, 2.24) is 0 Å². The highest BCUT2D eigenvalue weighted by molar-refractivity contribution is 5.56. The molecule has 1 nitrogen and oxygen atoms in total. The Labute approximate surface area is 129 Å². The smallest absolute Gasteiger partial charge is 0.123 e. The van der Waals surface area contributed by atoms with Gasteiger partial charge in [0.1, 0.15) is 6.29 Å². The second kappa shape index (κ2) is 4.70. The maximum Gasteiger partial charge on any atom is 0.123 e. The summed E-state index contributed by atoms with van der Waals surface area (Å²) < 4.78 is 0. The molecule has 3 fully saturated rings. The molecule has 0 unspecified atom stereocenters. The van der Waals surface area contributed by atoms with Crippen LogP contribution in [0.5, 0.6) is 0 Å². The van der Waals surface area contributed by atoms with E-state index in [4.69, 9.17) is 0 Å². The van der Waals surface area contributed by atoms with Crippen molar-refractivity contribution in [3.8, 4) is 0 Å². The molecule has 0 aromatic carbocycles. The van der Waals surface area contributed by atoms with E-state index in [-0.39, 0.29) is 0 Å². The molecule has 4 aliphatic carbocycles.